The van der Waals surface area contributed by atoms with Gasteiger partial charge >= 0.3 is 0 Å². The molecule has 6 heteroatoms. The molecule has 0 spiro atoms. The summed E-state index contributed by atoms with van der Waals surface area (Å²) in [7, 11) is 1.80. The van der Waals surface area contributed by atoms with E-state index in [1.54, 1.807) is 18.4 Å². The van der Waals surface area contributed by atoms with Gasteiger partial charge in [-0.3, -0.25) is 4.99 Å². The molecule has 1 aromatic carbocycles. The second-order valence-corrected chi connectivity index (χ2v) is 6.56. The van der Waals surface area contributed by atoms with Gasteiger partial charge in [-0.05, 0) is 31.9 Å². The zero-order valence-electron chi connectivity index (χ0n) is 14.1. The molecule has 23 heavy (non-hydrogen) atoms. The zero-order valence-corrected chi connectivity index (χ0v) is 17.3. The van der Waals surface area contributed by atoms with Gasteiger partial charge in [0.2, 0.25) is 0 Å². The molecule has 2 rings (SSSR count). The largest absolute Gasteiger partial charge is 0.356 e. The normalized spacial score (nSPS) is 11.0. The zero-order chi connectivity index (χ0) is 15.9. The lowest BCUT2D eigenvalue weighted by atomic mass is 10.1. The summed E-state index contributed by atoms with van der Waals surface area (Å²) in [6.07, 6.45) is 0.975. The molecule has 0 aliphatic carbocycles. The minimum absolute atomic E-state index is 0. The average molecular weight is 444 g/mol. The summed E-state index contributed by atoms with van der Waals surface area (Å²) in [6, 6.07) is 8.39. The van der Waals surface area contributed by atoms with Crippen LogP contribution in [-0.2, 0) is 13.0 Å². The Morgan fingerprint density at radius 1 is 1.17 bits per heavy atom. The molecule has 0 atom stereocenters. The number of aromatic nitrogens is 1. The van der Waals surface area contributed by atoms with Crippen LogP contribution in [0.1, 0.15) is 26.7 Å². The molecule has 126 valence electrons. The average Bonchev–Trinajstić information content (AvgIpc) is 2.82. The first-order chi connectivity index (χ1) is 10.6. The Bertz CT molecular complexity index is 652. The summed E-state index contributed by atoms with van der Waals surface area (Å²) in [5.41, 5.74) is 3.73. The highest BCUT2D eigenvalue weighted by Crippen LogP contribution is 2.17. The van der Waals surface area contributed by atoms with Crippen LogP contribution in [0.3, 0.4) is 0 Å². The highest BCUT2D eigenvalue weighted by Gasteiger charge is 2.05. The lowest BCUT2D eigenvalue weighted by molar-refractivity contribution is 0.794. The lowest BCUT2D eigenvalue weighted by Gasteiger charge is -2.12. The fourth-order valence-corrected chi connectivity index (χ4v) is 3.24. The van der Waals surface area contributed by atoms with E-state index in [4.69, 9.17) is 0 Å². The molecule has 0 unspecified atom stereocenters. The molecular weight excluding hydrogens is 419 g/mol. The number of hydrogen-bond donors (Lipinski definition) is 2. The van der Waals surface area contributed by atoms with E-state index in [-0.39, 0.29) is 24.0 Å². The summed E-state index contributed by atoms with van der Waals surface area (Å²) in [5.74, 6) is 0.835. The standard InChI is InChI=1S/C17H24N4S.HI/c1-12-7-5-6-8-15(12)11-20-17(18-4)19-10-9-16-13(2)21-14(3)22-16;/h5-8H,9-11H2,1-4H3,(H2,18,19,20);1H. The van der Waals surface area contributed by atoms with Crippen LogP contribution in [0.4, 0.5) is 0 Å². The van der Waals surface area contributed by atoms with Crippen molar-refractivity contribution in [2.24, 2.45) is 4.99 Å². The fraction of sp³-hybridized carbons (Fsp3) is 0.412. The maximum absolute atomic E-state index is 4.46. The molecular formula is C17H25IN4S. The molecule has 0 fully saturated rings. The number of aliphatic imine (C=N–C) groups is 1. The predicted molar refractivity (Wildman–Crippen MR) is 110 cm³/mol. The predicted octanol–water partition coefficient (Wildman–Crippen LogP) is 3.59. The van der Waals surface area contributed by atoms with E-state index in [2.05, 4.69) is 65.6 Å². The molecule has 1 aromatic heterocycles. The Morgan fingerprint density at radius 2 is 1.91 bits per heavy atom. The van der Waals surface area contributed by atoms with E-state index in [9.17, 15) is 0 Å². The summed E-state index contributed by atoms with van der Waals surface area (Å²) < 4.78 is 0. The molecule has 0 bridgehead atoms. The Morgan fingerprint density at radius 3 is 2.52 bits per heavy atom. The minimum atomic E-state index is 0. The topological polar surface area (TPSA) is 49.3 Å². The summed E-state index contributed by atoms with van der Waals surface area (Å²) >= 11 is 1.77. The van der Waals surface area contributed by atoms with Gasteiger partial charge in [-0.15, -0.1) is 35.3 Å². The van der Waals surface area contributed by atoms with Gasteiger partial charge in [-0.1, -0.05) is 24.3 Å². The maximum atomic E-state index is 4.46. The highest BCUT2D eigenvalue weighted by molar-refractivity contribution is 14.0. The van der Waals surface area contributed by atoms with Crippen molar-refractivity contribution in [3.63, 3.8) is 0 Å². The van der Waals surface area contributed by atoms with E-state index < -0.39 is 0 Å². The molecule has 0 aliphatic rings. The molecule has 0 radical (unpaired) electrons. The van der Waals surface area contributed by atoms with Crippen LogP contribution in [0, 0.1) is 20.8 Å². The summed E-state index contributed by atoms with van der Waals surface area (Å²) in [6.45, 7) is 7.89. The van der Waals surface area contributed by atoms with Crippen molar-refractivity contribution in [1.29, 1.82) is 0 Å². The molecule has 0 amide bonds. The molecule has 2 N–H and O–H groups in total. The Labute approximate surface area is 159 Å². The van der Waals surface area contributed by atoms with Crippen LogP contribution in [-0.4, -0.2) is 24.5 Å². The fourth-order valence-electron chi connectivity index (χ4n) is 2.31. The third-order valence-electron chi connectivity index (χ3n) is 3.58. The van der Waals surface area contributed by atoms with Crippen molar-refractivity contribution in [1.82, 2.24) is 15.6 Å². The molecule has 0 saturated heterocycles. The van der Waals surface area contributed by atoms with Gasteiger partial charge in [0.05, 0.1) is 10.7 Å². The maximum Gasteiger partial charge on any atom is 0.191 e. The Balaban J connectivity index is 0.00000264. The third kappa shape index (κ3) is 6.10. The Hall–Kier alpha value is -1.15. The van der Waals surface area contributed by atoms with Gasteiger partial charge in [0.1, 0.15) is 0 Å². The van der Waals surface area contributed by atoms with Crippen molar-refractivity contribution in [3.8, 4) is 0 Å². The van der Waals surface area contributed by atoms with Crippen molar-refractivity contribution in [3.05, 3.63) is 51.0 Å². The van der Waals surface area contributed by atoms with E-state index in [1.807, 2.05) is 0 Å². The number of nitrogens with one attached hydrogen (secondary N) is 2. The number of thiazole rings is 1. The minimum Gasteiger partial charge on any atom is -0.356 e. The van der Waals surface area contributed by atoms with E-state index >= 15 is 0 Å². The highest BCUT2D eigenvalue weighted by atomic mass is 127. The van der Waals surface area contributed by atoms with Crippen LogP contribution in [0.25, 0.3) is 0 Å². The van der Waals surface area contributed by atoms with Gasteiger partial charge < -0.3 is 10.6 Å². The molecule has 2 aromatic rings. The molecule has 0 aliphatic heterocycles. The number of halogens is 1. The number of guanidine groups is 1. The molecule has 0 saturated carbocycles. The first-order valence-electron chi connectivity index (χ1n) is 7.52. The summed E-state index contributed by atoms with van der Waals surface area (Å²) in [4.78, 5) is 10.1. The van der Waals surface area contributed by atoms with Crippen molar-refractivity contribution in [2.75, 3.05) is 13.6 Å². The van der Waals surface area contributed by atoms with Crippen molar-refractivity contribution >= 4 is 41.3 Å². The van der Waals surface area contributed by atoms with Crippen LogP contribution in [0.2, 0.25) is 0 Å². The monoisotopic (exact) mass is 444 g/mol. The van der Waals surface area contributed by atoms with Crippen molar-refractivity contribution < 1.29 is 0 Å². The Kier molecular flexibility index (Phi) is 8.54. The second-order valence-electron chi connectivity index (χ2n) is 5.27. The molecule has 4 nitrogen and oxygen atoms in total. The van der Waals surface area contributed by atoms with Crippen LogP contribution < -0.4 is 10.6 Å². The van der Waals surface area contributed by atoms with Gasteiger partial charge in [0, 0.05) is 31.4 Å². The van der Waals surface area contributed by atoms with E-state index in [0.29, 0.717) is 0 Å². The van der Waals surface area contributed by atoms with Gasteiger partial charge in [0.25, 0.3) is 0 Å². The molecule has 1 heterocycles. The first-order valence-corrected chi connectivity index (χ1v) is 8.33. The van der Waals surface area contributed by atoms with E-state index in [0.717, 1.165) is 36.2 Å². The SMILES string of the molecule is CN=C(NCCc1sc(C)nc1C)NCc1ccccc1C.I. The number of benzene rings is 1. The van der Waals surface area contributed by atoms with Gasteiger partial charge in [-0.25, -0.2) is 4.98 Å². The quantitative estimate of drug-likeness (QED) is 0.421. The third-order valence-corrected chi connectivity index (χ3v) is 4.71. The number of rotatable bonds is 5. The lowest BCUT2D eigenvalue weighted by Crippen LogP contribution is -2.37. The summed E-state index contributed by atoms with van der Waals surface area (Å²) in [5, 5.41) is 7.86. The number of hydrogen-bond acceptors (Lipinski definition) is 3. The smallest absolute Gasteiger partial charge is 0.191 e. The van der Waals surface area contributed by atoms with Crippen LogP contribution >= 0.6 is 35.3 Å². The van der Waals surface area contributed by atoms with Crippen molar-refractivity contribution in [2.45, 2.75) is 33.7 Å². The number of aryl methyl sites for hydroxylation is 3. The van der Waals surface area contributed by atoms with Crippen LogP contribution in [0.5, 0.6) is 0 Å². The van der Waals surface area contributed by atoms with Gasteiger partial charge in [-0.2, -0.15) is 0 Å². The van der Waals surface area contributed by atoms with Crippen LogP contribution in [0.15, 0.2) is 29.3 Å². The van der Waals surface area contributed by atoms with E-state index in [1.165, 1.54) is 16.0 Å². The number of nitrogens with zero attached hydrogens (tertiary/aromatic N) is 2. The second kappa shape index (κ2) is 9.87. The van der Waals surface area contributed by atoms with Gasteiger partial charge in [0.15, 0.2) is 5.96 Å². The first kappa shape index (κ1) is 19.9.